The molecule has 11 rings (SSSR count). The van der Waals surface area contributed by atoms with Gasteiger partial charge in [-0.05, 0) is 105 Å². The third kappa shape index (κ3) is 5.26. The van der Waals surface area contributed by atoms with Crippen LogP contribution in [0.5, 0.6) is 11.5 Å². The third-order valence-electron chi connectivity index (χ3n) is 11.7. The molecule has 0 saturated heterocycles. The van der Waals surface area contributed by atoms with E-state index in [1.54, 1.807) is 0 Å². The van der Waals surface area contributed by atoms with Crippen molar-refractivity contribution in [3.8, 4) is 56.0 Å². The van der Waals surface area contributed by atoms with Gasteiger partial charge in [-0.1, -0.05) is 170 Å². The normalized spacial score (nSPS) is 12.8. The fraction of sp³-hybridized carbons (Fsp3) is 0.0182. The standard InChI is InChI=1S/C55H37NO/c1-3-16-38(17-4-1)40-18-15-19-42(36-40)45-22-8-12-27-52(45)56(43-20-5-2-6-21-43)44-33-30-39(31-34-44)41-32-35-49-47(37-41)46-23-7-9-24-48(46)55(49)50-25-10-13-28-53(50)57-54-29-14-11-26-51(54)55/h1-37H. The van der Waals surface area contributed by atoms with Crippen LogP contribution in [-0.4, -0.2) is 0 Å². The highest BCUT2D eigenvalue weighted by atomic mass is 16.5. The molecule has 9 aromatic rings. The highest BCUT2D eigenvalue weighted by Crippen LogP contribution is 2.62. The van der Waals surface area contributed by atoms with Gasteiger partial charge in [0.25, 0.3) is 0 Å². The quantitative estimate of drug-likeness (QED) is 0.169. The molecule has 1 heterocycles. The van der Waals surface area contributed by atoms with Crippen molar-refractivity contribution in [3.05, 3.63) is 247 Å². The maximum Gasteiger partial charge on any atom is 0.132 e. The average molecular weight is 728 g/mol. The zero-order chi connectivity index (χ0) is 37.8. The molecule has 9 aromatic carbocycles. The Balaban J connectivity index is 1.02. The minimum absolute atomic E-state index is 0.468. The molecule has 0 aromatic heterocycles. The number of anilines is 3. The third-order valence-corrected chi connectivity index (χ3v) is 11.7. The summed E-state index contributed by atoms with van der Waals surface area (Å²) in [6.45, 7) is 0. The Bertz CT molecular complexity index is 2890. The lowest BCUT2D eigenvalue weighted by atomic mass is 9.66. The van der Waals surface area contributed by atoms with Gasteiger partial charge in [-0.15, -0.1) is 0 Å². The summed E-state index contributed by atoms with van der Waals surface area (Å²) in [7, 11) is 0. The van der Waals surface area contributed by atoms with Crippen LogP contribution >= 0.6 is 0 Å². The maximum atomic E-state index is 6.53. The van der Waals surface area contributed by atoms with Gasteiger partial charge in [-0.2, -0.15) is 0 Å². The number of fused-ring (bicyclic) bond motifs is 9. The fourth-order valence-corrected chi connectivity index (χ4v) is 9.26. The first-order valence-electron chi connectivity index (χ1n) is 19.6. The van der Waals surface area contributed by atoms with Crippen LogP contribution in [0, 0.1) is 0 Å². The molecule has 1 aliphatic carbocycles. The molecule has 0 N–H and O–H groups in total. The van der Waals surface area contributed by atoms with Crippen molar-refractivity contribution >= 4 is 17.1 Å². The molecule has 0 unspecified atom stereocenters. The fourth-order valence-electron chi connectivity index (χ4n) is 9.26. The van der Waals surface area contributed by atoms with Crippen molar-refractivity contribution in [1.29, 1.82) is 0 Å². The van der Waals surface area contributed by atoms with Gasteiger partial charge in [0.2, 0.25) is 0 Å². The molecule has 2 heteroatoms. The highest BCUT2D eigenvalue weighted by Gasteiger charge is 2.50. The van der Waals surface area contributed by atoms with Crippen molar-refractivity contribution in [3.63, 3.8) is 0 Å². The summed E-state index contributed by atoms with van der Waals surface area (Å²) in [4.78, 5) is 2.37. The number of nitrogens with zero attached hydrogens (tertiary/aromatic N) is 1. The van der Waals surface area contributed by atoms with Gasteiger partial charge in [0.1, 0.15) is 11.5 Å². The summed E-state index contributed by atoms with van der Waals surface area (Å²) in [6.07, 6.45) is 0. The Morgan fingerprint density at radius 2 is 0.789 bits per heavy atom. The van der Waals surface area contributed by atoms with Gasteiger partial charge in [0.15, 0.2) is 0 Å². The van der Waals surface area contributed by atoms with E-state index in [9.17, 15) is 0 Å². The number of ether oxygens (including phenoxy) is 1. The van der Waals surface area contributed by atoms with Crippen molar-refractivity contribution < 1.29 is 4.74 Å². The van der Waals surface area contributed by atoms with Gasteiger partial charge in [0.05, 0.1) is 11.1 Å². The number of hydrogen-bond donors (Lipinski definition) is 0. The number of rotatable bonds is 6. The molecular weight excluding hydrogens is 691 g/mol. The van der Waals surface area contributed by atoms with Crippen molar-refractivity contribution in [2.24, 2.45) is 0 Å². The predicted molar refractivity (Wildman–Crippen MR) is 235 cm³/mol. The lowest BCUT2D eigenvalue weighted by Crippen LogP contribution is -2.32. The molecule has 1 spiro atoms. The van der Waals surface area contributed by atoms with Gasteiger partial charge in [-0.25, -0.2) is 0 Å². The molecule has 1 aliphatic heterocycles. The Hall–Kier alpha value is -7.42. The van der Waals surface area contributed by atoms with E-state index in [4.69, 9.17) is 4.74 Å². The Morgan fingerprint density at radius 3 is 1.53 bits per heavy atom. The van der Waals surface area contributed by atoms with Crippen molar-refractivity contribution in [1.82, 2.24) is 0 Å². The van der Waals surface area contributed by atoms with Crippen LogP contribution in [0.4, 0.5) is 17.1 Å². The summed E-state index contributed by atoms with van der Waals surface area (Å²) < 4.78 is 6.53. The van der Waals surface area contributed by atoms with Gasteiger partial charge >= 0.3 is 0 Å². The zero-order valence-electron chi connectivity index (χ0n) is 31.2. The minimum atomic E-state index is -0.468. The van der Waals surface area contributed by atoms with E-state index in [-0.39, 0.29) is 0 Å². The van der Waals surface area contributed by atoms with Crippen LogP contribution in [0.25, 0.3) is 44.5 Å². The second-order valence-corrected chi connectivity index (χ2v) is 14.8. The van der Waals surface area contributed by atoms with E-state index in [1.165, 1.54) is 66.8 Å². The molecule has 0 bridgehead atoms. The second-order valence-electron chi connectivity index (χ2n) is 14.8. The van der Waals surface area contributed by atoms with Gasteiger partial charge in [0, 0.05) is 28.1 Å². The van der Waals surface area contributed by atoms with E-state index in [0.717, 1.165) is 28.6 Å². The molecule has 0 fully saturated rings. The molecule has 2 aliphatic rings. The second kappa shape index (κ2) is 13.4. The summed E-state index contributed by atoms with van der Waals surface area (Å²) in [5.41, 5.74) is 17.4. The van der Waals surface area contributed by atoms with E-state index in [1.807, 2.05) is 0 Å². The Kier molecular flexibility index (Phi) is 7.75. The molecule has 2 nitrogen and oxygen atoms in total. The summed E-state index contributed by atoms with van der Waals surface area (Å²) >= 11 is 0. The van der Waals surface area contributed by atoms with E-state index < -0.39 is 5.41 Å². The van der Waals surface area contributed by atoms with Crippen molar-refractivity contribution in [2.75, 3.05) is 4.90 Å². The number of para-hydroxylation sites is 4. The average Bonchev–Trinajstić information content (AvgIpc) is 3.57. The lowest BCUT2D eigenvalue weighted by Gasteiger charge is -2.39. The molecule has 0 amide bonds. The van der Waals surface area contributed by atoms with Gasteiger partial charge < -0.3 is 9.64 Å². The van der Waals surface area contributed by atoms with Crippen LogP contribution in [0.2, 0.25) is 0 Å². The summed E-state index contributed by atoms with van der Waals surface area (Å²) in [5, 5.41) is 0. The predicted octanol–water partition coefficient (Wildman–Crippen LogP) is 14.6. The maximum absolute atomic E-state index is 6.53. The molecule has 0 saturated carbocycles. The van der Waals surface area contributed by atoms with E-state index in [2.05, 4.69) is 229 Å². The van der Waals surface area contributed by atoms with E-state index >= 15 is 0 Å². The van der Waals surface area contributed by atoms with E-state index in [0.29, 0.717) is 0 Å². The van der Waals surface area contributed by atoms with Crippen LogP contribution in [0.3, 0.4) is 0 Å². The topological polar surface area (TPSA) is 12.5 Å². The lowest BCUT2D eigenvalue weighted by molar-refractivity contribution is 0.436. The number of hydrogen-bond acceptors (Lipinski definition) is 2. The van der Waals surface area contributed by atoms with Crippen LogP contribution in [0.15, 0.2) is 224 Å². The highest BCUT2D eigenvalue weighted by molar-refractivity contribution is 5.92. The monoisotopic (exact) mass is 727 g/mol. The zero-order valence-corrected chi connectivity index (χ0v) is 31.2. The number of benzene rings is 9. The first kappa shape index (κ1) is 33.0. The van der Waals surface area contributed by atoms with Gasteiger partial charge in [-0.3, -0.25) is 0 Å². The Morgan fingerprint density at radius 1 is 0.298 bits per heavy atom. The molecule has 57 heavy (non-hydrogen) atoms. The van der Waals surface area contributed by atoms with Crippen molar-refractivity contribution in [2.45, 2.75) is 5.41 Å². The molecular formula is C55H37NO. The van der Waals surface area contributed by atoms with Crippen LogP contribution < -0.4 is 9.64 Å². The SMILES string of the molecule is c1ccc(-c2cccc(-c3ccccc3N(c3ccccc3)c3ccc(-c4ccc5c(c4)-c4ccccc4C54c5ccccc5Oc5ccccc54)cc3)c2)cc1. The largest absolute Gasteiger partial charge is 0.457 e. The smallest absolute Gasteiger partial charge is 0.132 e. The molecule has 0 atom stereocenters. The van der Waals surface area contributed by atoms with Crippen LogP contribution in [-0.2, 0) is 5.41 Å². The minimum Gasteiger partial charge on any atom is -0.457 e. The first-order valence-corrected chi connectivity index (χ1v) is 19.6. The molecule has 268 valence electrons. The first-order chi connectivity index (χ1) is 28.3. The Labute approximate surface area is 333 Å². The molecule has 0 radical (unpaired) electrons. The summed E-state index contributed by atoms with van der Waals surface area (Å²) in [6, 6.07) is 80.9. The van der Waals surface area contributed by atoms with Crippen LogP contribution in [0.1, 0.15) is 22.3 Å². The summed E-state index contributed by atoms with van der Waals surface area (Å²) in [5.74, 6) is 1.82.